The fraction of sp³-hybridized carbons (Fsp3) is 0.500. The summed E-state index contributed by atoms with van der Waals surface area (Å²) in [6, 6.07) is 5.67. The first-order valence-corrected chi connectivity index (χ1v) is 6.06. The zero-order valence-electron chi connectivity index (χ0n) is 8.71. The number of benzene rings is 1. The van der Waals surface area contributed by atoms with Gasteiger partial charge in [0, 0.05) is 6.04 Å². The largest absolute Gasteiger partial charge is 0.324 e. The van der Waals surface area contributed by atoms with Crippen LogP contribution in [0.3, 0.4) is 0 Å². The van der Waals surface area contributed by atoms with Gasteiger partial charge in [-0.25, -0.2) is 0 Å². The molecule has 1 nitrogen and oxygen atoms in total. The highest BCUT2D eigenvalue weighted by molar-refractivity contribution is 6.42. The predicted octanol–water partition coefficient (Wildman–Crippen LogP) is 4.04. The van der Waals surface area contributed by atoms with Gasteiger partial charge in [0.2, 0.25) is 0 Å². The van der Waals surface area contributed by atoms with E-state index in [9.17, 15) is 0 Å². The third-order valence-electron chi connectivity index (χ3n) is 3.27. The Hall–Kier alpha value is -0.240. The summed E-state index contributed by atoms with van der Waals surface area (Å²) in [5.41, 5.74) is 7.18. The molecule has 0 bridgehead atoms. The van der Waals surface area contributed by atoms with E-state index in [4.69, 9.17) is 28.9 Å². The van der Waals surface area contributed by atoms with E-state index in [1.165, 1.54) is 12.8 Å². The Balaban J connectivity index is 2.24. The molecule has 0 heterocycles. The number of halogens is 2. The van der Waals surface area contributed by atoms with E-state index < -0.39 is 0 Å². The van der Waals surface area contributed by atoms with Crippen LogP contribution in [0.15, 0.2) is 18.2 Å². The molecule has 1 fully saturated rings. The second-order valence-corrected chi connectivity index (χ2v) is 5.15. The monoisotopic (exact) mass is 243 g/mol. The number of rotatable bonds is 3. The Morgan fingerprint density at radius 2 is 2.00 bits per heavy atom. The first-order valence-electron chi connectivity index (χ1n) is 5.30. The van der Waals surface area contributed by atoms with Gasteiger partial charge < -0.3 is 5.73 Å². The Labute approximate surface area is 101 Å². The molecule has 1 aliphatic rings. The maximum absolute atomic E-state index is 6.21. The molecule has 1 aromatic carbocycles. The van der Waals surface area contributed by atoms with Crippen LogP contribution in [0, 0.1) is 11.8 Å². The summed E-state index contributed by atoms with van der Waals surface area (Å²) < 4.78 is 0. The second kappa shape index (κ2) is 4.32. The lowest BCUT2D eigenvalue weighted by atomic mass is 9.91. The third-order valence-corrected chi connectivity index (χ3v) is 4.11. The molecule has 0 radical (unpaired) electrons. The maximum atomic E-state index is 6.21. The summed E-state index contributed by atoms with van der Waals surface area (Å²) in [5.74, 6) is 1.26. The average molecular weight is 244 g/mol. The van der Waals surface area contributed by atoms with Crippen molar-refractivity contribution in [3.05, 3.63) is 33.8 Å². The minimum absolute atomic E-state index is 0.00343. The molecule has 1 aromatic rings. The lowest BCUT2D eigenvalue weighted by Gasteiger charge is -2.21. The molecule has 82 valence electrons. The van der Waals surface area contributed by atoms with Crippen molar-refractivity contribution in [2.45, 2.75) is 25.8 Å². The molecule has 1 aliphatic carbocycles. The van der Waals surface area contributed by atoms with Crippen LogP contribution in [0.5, 0.6) is 0 Å². The molecular weight excluding hydrogens is 229 g/mol. The molecular formula is C12H15Cl2N. The van der Waals surface area contributed by atoms with Crippen LogP contribution in [0.1, 0.15) is 31.4 Å². The SMILES string of the molecule is CC(C1CC1)C(N)c1cccc(Cl)c1Cl. The van der Waals surface area contributed by atoms with Gasteiger partial charge in [-0.05, 0) is 36.3 Å². The fourth-order valence-electron chi connectivity index (χ4n) is 1.98. The van der Waals surface area contributed by atoms with Crippen LogP contribution in [0.4, 0.5) is 0 Å². The maximum Gasteiger partial charge on any atom is 0.0640 e. The van der Waals surface area contributed by atoms with E-state index in [2.05, 4.69) is 6.92 Å². The molecule has 2 atom stereocenters. The molecule has 0 aromatic heterocycles. The van der Waals surface area contributed by atoms with Gasteiger partial charge in [0.05, 0.1) is 10.0 Å². The number of hydrogen-bond donors (Lipinski definition) is 1. The van der Waals surface area contributed by atoms with Gasteiger partial charge in [-0.2, -0.15) is 0 Å². The van der Waals surface area contributed by atoms with Crippen molar-refractivity contribution in [3.8, 4) is 0 Å². The molecule has 0 amide bonds. The van der Waals surface area contributed by atoms with Crippen molar-refractivity contribution in [1.29, 1.82) is 0 Å². The summed E-state index contributed by atoms with van der Waals surface area (Å²) in [6.07, 6.45) is 2.60. The van der Waals surface area contributed by atoms with Crippen LogP contribution in [-0.4, -0.2) is 0 Å². The van der Waals surface area contributed by atoms with Gasteiger partial charge >= 0.3 is 0 Å². The smallest absolute Gasteiger partial charge is 0.0640 e. The topological polar surface area (TPSA) is 26.0 Å². The predicted molar refractivity (Wildman–Crippen MR) is 65.3 cm³/mol. The Morgan fingerprint density at radius 1 is 1.33 bits per heavy atom. The van der Waals surface area contributed by atoms with E-state index in [1.54, 1.807) is 6.07 Å². The first kappa shape index (κ1) is 11.3. The molecule has 2 unspecified atom stereocenters. The van der Waals surface area contributed by atoms with Gasteiger partial charge in [-0.3, -0.25) is 0 Å². The van der Waals surface area contributed by atoms with E-state index in [0.717, 1.165) is 11.5 Å². The van der Waals surface area contributed by atoms with Crippen molar-refractivity contribution in [2.75, 3.05) is 0 Å². The van der Waals surface area contributed by atoms with Gasteiger partial charge in [-0.1, -0.05) is 42.3 Å². The van der Waals surface area contributed by atoms with Crippen LogP contribution in [-0.2, 0) is 0 Å². The average Bonchev–Trinajstić information content (AvgIpc) is 3.03. The number of nitrogens with two attached hydrogens (primary N) is 1. The first-order chi connectivity index (χ1) is 7.11. The molecule has 2 rings (SSSR count). The van der Waals surface area contributed by atoms with Gasteiger partial charge in [0.1, 0.15) is 0 Å². The molecule has 2 N–H and O–H groups in total. The Kier molecular flexibility index (Phi) is 3.24. The highest BCUT2D eigenvalue weighted by atomic mass is 35.5. The Morgan fingerprint density at radius 3 is 2.60 bits per heavy atom. The van der Waals surface area contributed by atoms with Crippen molar-refractivity contribution < 1.29 is 0 Å². The molecule has 3 heteroatoms. The zero-order valence-corrected chi connectivity index (χ0v) is 10.2. The fourth-order valence-corrected chi connectivity index (χ4v) is 2.41. The lowest BCUT2D eigenvalue weighted by Crippen LogP contribution is -2.21. The standard InChI is InChI=1S/C12H15Cl2N/c1-7(8-5-6-8)12(15)9-3-2-4-10(13)11(9)14/h2-4,7-8,12H,5-6,15H2,1H3. The van der Waals surface area contributed by atoms with Crippen molar-refractivity contribution in [1.82, 2.24) is 0 Å². The second-order valence-electron chi connectivity index (χ2n) is 4.37. The zero-order chi connectivity index (χ0) is 11.0. The quantitative estimate of drug-likeness (QED) is 0.853. The summed E-state index contributed by atoms with van der Waals surface area (Å²) in [4.78, 5) is 0. The lowest BCUT2D eigenvalue weighted by molar-refractivity contribution is 0.417. The third kappa shape index (κ3) is 2.30. The summed E-state index contributed by atoms with van der Waals surface area (Å²) in [7, 11) is 0. The van der Waals surface area contributed by atoms with Crippen LogP contribution < -0.4 is 5.73 Å². The van der Waals surface area contributed by atoms with Crippen LogP contribution in [0.25, 0.3) is 0 Å². The van der Waals surface area contributed by atoms with E-state index in [1.807, 2.05) is 12.1 Å². The minimum atomic E-state index is 0.00343. The molecule has 0 aliphatic heterocycles. The molecule has 15 heavy (non-hydrogen) atoms. The van der Waals surface area contributed by atoms with Gasteiger partial charge in [-0.15, -0.1) is 0 Å². The van der Waals surface area contributed by atoms with Gasteiger partial charge in [0.25, 0.3) is 0 Å². The van der Waals surface area contributed by atoms with Crippen LogP contribution >= 0.6 is 23.2 Å². The van der Waals surface area contributed by atoms with Crippen LogP contribution in [0.2, 0.25) is 10.0 Å². The molecule has 0 saturated heterocycles. The van der Waals surface area contributed by atoms with Gasteiger partial charge in [0.15, 0.2) is 0 Å². The van der Waals surface area contributed by atoms with Crippen molar-refractivity contribution in [2.24, 2.45) is 17.6 Å². The molecule has 1 saturated carbocycles. The highest BCUT2D eigenvalue weighted by Gasteiger charge is 2.33. The Bertz CT molecular complexity index is 361. The minimum Gasteiger partial charge on any atom is -0.324 e. The summed E-state index contributed by atoms with van der Waals surface area (Å²) in [6.45, 7) is 2.19. The summed E-state index contributed by atoms with van der Waals surface area (Å²) >= 11 is 12.1. The van der Waals surface area contributed by atoms with E-state index in [0.29, 0.717) is 16.0 Å². The highest BCUT2D eigenvalue weighted by Crippen LogP contribution is 2.43. The summed E-state index contributed by atoms with van der Waals surface area (Å²) in [5, 5.41) is 1.20. The van der Waals surface area contributed by atoms with E-state index in [-0.39, 0.29) is 6.04 Å². The van der Waals surface area contributed by atoms with E-state index >= 15 is 0 Å². The number of hydrogen-bond acceptors (Lipinski definition) is 1. The molecule has 0 spiro atoms. The normalized spacial score (nSPS) is 20.0. The van der Waals surface area contributed by atoms with Crippen molar-refractivity contribution in [3.63, 3.8) is 0 Å². The van der Waals surface area contributed by atoms with Crippen molar-refractivity contribution >= 4 is 23.2 Å².